The van der Waals surface area contributed by atoms with E-state index in [9.17, 15) is 9.59 Å². The molecule has 0 fully saturated rings. The number of fused-ring (bicyclic) bond motifs is 1. The number of para-hydroxylation sites is 1. The Kier molecular flexibility index (Phi) is 7.17. The molecular formula is C24H33N3O2. The van der Waals surface area contributed by atoms with E-state index in [4.69, 9.17) is 0 Å². The molecule has 0 saturated heterocycles. The molecule has 1 aliphatic heterocycles. The first-order valence-electron chi connectivity index (χ1n) is 10.1. The number of benzene rings is 1. The summed E-state index contributed by atoms with van der Waals surface area (Å²) in [6, 6.07) is 12.5. The van der Waals surface area contributed by atoms with E-state index in [1.165, 1.54) is 0 Å². The summed E-state index contributed by atoms with van der Waals surface area (Å²) in [7, 11) is 2.06. The quantitative estimate of drug-likeness (QED) is 0.705. The van der Waals surface area contributed by atoms with Crippen molar-refractivity contribution in [2.75, 3.05) is 16.8 Å². The van der Waals surface area contributed by atoms with Gasteiger partial charge in [-0.3, -0.25) is 9.69 Å². The lowest BCUT2D eigenvalue weighted by Gasteiger charge is -2.30. The normalized spacial score (nSPS) is 13.3. The minimum absolute atomic E-state index is 0.156. The standard InChI is InChI=1S/C14H21NO.C10H12N2O/c1-11(2)15(5)13-9-7-6-8-12(13)14(3,4)10-16;1-7(2)12-9(13)6-8-4-3-5-11-10(8)12/h6-11H,1-5H3;3-5,7H,6H2,1-2H3. The smallest absolute Gasteiger partial charge is 0.232 e. The summed E-state index contributed by atoms with van der Waals surface area (Å²) >= 11 is 0. The summed E-state index contributed by atoms with van der Waals surface area (Å²) < 4.78 is 0. The number of hydrogen-bond acceptors (Lipinski definition) is 4. The van der Waals surface area contributed by atoms with Crippen LogP contribution in [-0.2, 0) is 21.4 Å². The highest BCUT2D eigenvalue weighted by Gasteiger charge is 2.29. The molecule has 29 heavy (non-hydrogen) atoms. The van der Waals surface area contributed by atoms with Gasteiger partial charge < -0.3 is 9.69 Å². The van der Waals surface area contributed by atoms with E-state index in [0.29, 0.717) is 12.5 Å². The zero-order chi connectivity index (χ0) is 21.8. The van der Waals surface area contributed by atoms with Gasteiger partial charge in [0.05, 0.1) is 6.42 Å². The second-order valence-electron chi connectivity index (χ2n) is 8.58. The molecule has 0 atom stereocenters. The molecule has 5 heteroatoms. The predicted octanol–water partition coefficient (Wildman–Crippen LogP) is 4.39. The molecule has 1 aliphatic rings. The number of nitrogens with zero attached hydrogens (tertiary/aromatic N) is 3. The van der Waals surface area contributed by atoms with Crippen LogP contribution in [-0.4, -0.2) is 36.3 Å². The van der Waals surface area contributed by atoms with Crippen molar-refractivity contribution in [3.05, 3.63) is 53.7 Å². The van der Waals surface area contributed by atoms with E-state index >= 15 is 0 Å². The highest BCUT2D eigenvalue weighted by atomic mass is 16.2. The number of carbonyl (C=O) groups is 2. The molecule has 5 nitrogen and oxygen atoms in total. The van der Waals surface area contributed by atoms with E-state index in [0.717, 1.165) is 28.9 Å². The van der Waals surface area contributed by atoms with Gasteiger partial charge in [-0.15, -0.1) is 0 Å². The lowest BCUT2D eigenvalue weighted by molar-refractivity contribution is -0.117. The number of carbonyl (C=O) groups excluding carboxylic acids is 2. The number of anilines is 2. The first kappa shape index (κ1) is 22.6. The third-order valence-corrected chi connectivity index (χ3v) is 5.27. The lowest BCUT2D eigenvalue weighted by atomic mass is 9.84. The Bertz CT molecular complexity index is 859. The fraction of sp³-hybridized carbons (Fsp3) is 0.458. The van der Waals surface area contributed by atoms with Crippen LogP contribution in [0.2, 0.25) is 0 Å². The molecule has 0 saturated carbocycles. The van der Waals surface area contributed by atoms with Crippen molar-refractivity contribution in [2.45, 2.75) is 65.5 Å². The van der Waals surface area contributed by atoms with Crippen LogP contribution in [0.15, 0.2) is 42.6 Å². The van der Waals surface area contributed by atoms with Gasteiger partial charge in [0.1, 0.15) is 12.1 Å². The maximum atomic E-state index is 11.6. The van der Waals surface area contributed by atoms with Gasteiger partial charge in [-0.2, -0.15) is 0 Å². The molecule has 0 radical (unpaired) electrons. The van der Waals surface area contributed by atoms with E-state index in [1.807, 2.05) is 58.0 Å². The number of amides is 1. The van der Waals surface area contributed by atoms with Crippen molar-refractivity contribution in [3.63, 3.8) is 0 Å². The van der Waals surface area contributed by atoms with Gasteiger partial charge in [-0.05, 0) is 59.2 Å². The molecule has 0 bridgehead atoms. The zero-order valence-electron chi connectivity index (χ0n) is 18.6. The predicted molar refractivity (Wildman–Crippen MR) is 120 cm³/mol. The maximum absolute atomic E-state index is 11.6. The average molecular weight is 396 g/mol. The van der Waals surface area contributed by atoms with Gasteiger partial charge in [0, 0.05) is 42.0 Å². The maximum Gasteiger partial charge on any atom is 0.232 e. The number of hydrogen-bond donors (Lipinski definition) is 0. The van der Waals surface area contributed by atoms with Crippen LogP contribution < -0.4 is 9.80 Å². The van der Waals surface area contributed by atoms with Gasteiger partial charge in [0.2, 0.25) is 5.91 Å². The third-order valence-electron chi connectivity index (χ3n) is 5.27. The van der Waals surface area contributed by atoms with Crippen LogP contribution in [0, 0.1) is 0 Å². The topological polar surface area (TPSA) is 53.5 Å². The second-order valence-corrected chi connectivity index (χ2v) is 8.58. The molecule has 0 spiro atoms. The molecule has 2 aromatic rings. The minimum Gasteiger partial charge on any atom is -0.372 e. The third kappa shape index (κ3) is 5.03. The average Bonchev–Trinajstić information content (AvgIpc) is 3.03. The summed E-state index contributed by atoms with van der Waals surface area (Å²) in [5.74, 6) is 0.992. The Morgan fingerprint density at radius 3 is 2.34 bits per heavy atom. The Balaban J connectivity index is 0.000000211. The second kappa shape index (κ2) is 9.21. The highest BCUT2D eigenvalue weighted by Crippen LogP contribution is 2.31. The van der Waals surface area contributed by atoms with E-state index in [2.05, 4.69) is 36.8 Å². The monoisotopic (exact) mass is 395 g/mol. The molecular weight excluding hydrogens is 362 g/mol. The fourth-order valence-corrected chi connectivity index (χ4v) is 3.35. The molecule has 3 rings (SSSR count). The Hall–Kier alpha value is -2.69. The summed E-state index contributed by atoms with van der Waals surface area (Å²) in [5, 5.41) is 0. The Labute approximate surface area is 174 Å². The molecule has 0 unspecified atom stereocenters. The number of rotatable bonds is 5. The van der Waals surface area contributed by atoms with Crippen molar-refractivity contribution in [1.29, 1.82) is 0 Å². The molecule has 0 N–H and O–H groups in total. The first-order chi connectivity index (χ1) is 13.6. The van der Waals surface area contributed by atoms with E-state index < -0.39 is 5.41 Å². The van der Waals surface area contributed by atoms with E-state index in [1.54, 1.807) is 11.1 Å². The minimum atomic E-state index is -0.431. The van der Waals surface area contributed by atoms with Crippen molar-refractivity contribution in [3.8, 4) is 0 Å². The first-order valence-corrected chi connectivity index (χ1v) is 10.1. The van der Waals surface area contributed by atoms with Crippen molar-refractivity contribution >= 4 is 23.7 Å². The van der Waals surface area contributed by atoms with Gasteiger partial charge in [0.25, 0.3) is 0 Å². The van der Waals surface area contributed by atoms with Crippen LogP contribution in [0.25, 0.3) is 0 Å². The summed E-state index contributed by atoms with van der Waals surface area (Å²) in [6.45, 7) is 12.2. The van der Waals surface area contributed by atoms with Gasteiger partial charge in [0.15, 0.2) is 0 Å². The SMILES string of the molecule is CC(C)N(C)c1ccccc1C(C)(C)C=O.CC(C)N1C(=O)Cc2cccnc21. The van der Waals surface area contributed by atoms with Crippen LogP contribution in [0.3, 0.4) is 0 Å². The summed E-state index contributed by atoms with van der Waals surface area (Å²) in [4.78, 5) is 30.9. The van der Waals surface area contributed by atoms with E-state index in [-0.39, 0.29) is 11.9 Å². The largest absolute Gasteiger partial charge is 0.372 e. The number of aromatic nitrogens is 1. The Morgan fingerprint density at radius 1 is 1.10 bits per heavy atom. The number of aldehydes is 1. The van der Waals surface area contributed by atoms with Crippen LogP contribution in [0.5, 0.6) is 0 Å². The van der Waals surface area contributed by atoms with Gasteiger partial charge in [-0.25, -0.2) is 4.98 Å². The van der Waals surface area contributed by atoms with Crippen LogP contribution in [0.1, 0.15) is 52.7 Å². The highest BCUT2D eigenvalue weighted by molar-refractivity contribution is 6.00. The molecule has 156 valence electrons. The fourth-order valence-electron chi connectivity index (χ4n) is 3.35. The molecule has 1 aromatic heterocycles. The van der Waals surface area contributed by atoms with Crippen molar-refractivity contribution in [1.82, 2.24) is 4.98 Å². The molecule has 1 amide bonds. The van der Waals surface area contributed by atoms with Crippen LogP contribution in [0.4, 0.5) is 11.5 Å². The summed E-state index contributed by atoms with van der Waals surface area (Å²) in [5.41, 5.74) is 2.83. The number of pyridine rings is 1. The van der Waals surface area contributed by atoms with Gasteiger partial charge >= 0.3 is 0 Å². The summed E-state index contributed by atoms with van der Waals surface area (Å²) in [6.07, 6.45) is 3.24. The lowest BCUT2D eigenvalue weighted by Crippen LogP contribution is -2.33. The molecule has 2 heterocycles. The zero-order valence-corrected chi connectivity index (χ0v) is 18.6. The molecule has 0 aliphatic carbocycles. The van der Waals surface area contributed by atoms with Crippen LogP contribution >= 0.6 is 0 Å². The van der Waals surface area contributed by atoms with Crippen molar-refractivity contribution in [2.24, 2.45) is 0 Å². The van der Waals surface area contributed by atoms with Crippen molar-refractivity contribution < 1.29 is 9.59 Å². The van der Waals surface area contributed by atoms with Gasteiger partial charge in [-0.1, -0.05) is 24.3 Å². The Morgan fingerprint density at radius 2 is 1.76 bits per heavy atom. The molecule has 1 aromatic carbocycles.